The van der Waals surface area contributed by atoms with Crippen LogP contribution < -0.4 is 10.2 Å². The minimum Gasteiger partial charge on any atom is -0.341 e. The molecule has 1 rings (SSSR count). The SMILES string of the molecule is CCN(CC)c1nc(Cl)c(SC)c(NC(C)=O)n1. The van der Waals surface area contributed by atoms with E-state index in [1.165, 1.54) is 18.7 Å². The number of halogens is 1. The van der Waals surface area contributed by atoms with E-state index in [4.69, 9.17) is 11.6 Å². The van der Waals surface area contributed by atoms with Crippen molar-refractivity contribution in [3.05, 3.63) is 5.15 Å². The molecule has 1 N–H and O–H groups in total. The fraction of sp³-hybridized carbons (Fsp3) is 0.545. The molecule has 0 aliphatic carbocycles. The summed E-state index contributed by atoms with van der Waals surface area (Å²) in [6.45, 7) is 7.04. The van der Waals surface area contributed by atoms with E-state index in [0.29, 0.717) is 21.8 Å². The van der Waals surface area contributed by atoms with Crippen LogP contribution in [0.2, 0.25) is 5.15 Å². The number of carbonyl (C=O) groups is 1. The van der Waals surface area contributed by atoms with Crippen molar-refractivity contribution < 1.29 is 4.79 Å². The van der Waals surface area contributed by atoms with Crippen molar-refractivity contribution in [3.8, 4) is 0 Å². The largest absolute Gasteiger partial charge is 0.341 e. The van der Waals surface area contributed by atoms with Crippen molar-refractivity contribution >= 4 is 41.0 Å². The van der Waals surface area contributed by atoms with Gasteiger partial charge in [0.2, 0.25) is 11.9 Å². The molecule has 0 aromatic carbocycles. The lowest BCUT2D eigenvalue weighted by atomic mass is 10.5. The van der Waals surface area contributed by atoms with E-state index in [-0.39, 0.29) is 5.91 Å². The highest BCUT2D eigenvalue weighted by molar-refractivity contribution is 7.98. The summed E-state index contributed by atoms with van der Waals surface area (Å²) in [7, 11) is 0. The molecular formula is C11H17ClN4OS. The van der Waals surface area contributed by atoms with Crippen LogP contribution in [0.4, 0.5) is 11.8 Å². The van der Waals surface area contributed by atoms with Gasteiger partial charge in [-0.2, -0.15) is 9.97 Å². The molecule has 0 radical (unpaired) electrons. The van der Waals surface area contributed by atoms with Gasteiger partial charge in [-0.05, 0) is 20.1 Å². The Morgan fingerprint density at radius 1 is 1.39 bits per heavy atom. The minimum absolute atomic E-state index is 0.175. The number of aromatic nitrogens is 2. The molecule has 0 atom stereocenters. The van der Waals surface area contributed by atoms with E-state index in [9.17, 15) is 4.79 Å². The third-order valence-corrected chi connectivity index (χ3v) is 3.54. The Morgan fingerprint density at radius 2 is 2.00 bits per heavy atom. The van der Waals surface area contributed by atoms with E-state index in [1.54, 1.807) is 0 Å². The maximum absolute atomic E-state index is 11.2. The third-order valence-electron chi connectivity index (χ3n) is 2.36. The number of amides is 1. The van der Waals surface area contributed by atoms with Crippen molar-refractivity contribution in [3.63, 3.8) is 0 Å². The number of hydrogen-bond acceptors (Lipinski definition) is 5. The lowest BCUT2D eigenvalue weighted by molar-refractivity contribution is -0.114. The van der Waals surface area contributed by atoms with Gasteiger partial charge in [0.05, 0.1) is 4.90 Å². The van der Waals surface area contributed by atoms with Crippen LogP contribution >= 0.6 is 23.4 Å². The second-order valence-corrected chi connectivity index (χ2v) is 4.72. The fourth-order valence-electron chi connectivity index (χ4n) is 1.49. The van der Waals surface area contributed by atoms with Gasteiger partial charge in [-0.1, -0.05) is 11.6 Å². The molecular weight excluding hydrogens is 272 g/mol. The number of nitrogens with zero attached hydrogens (tertiary/aromatic N) is 3. The van der Waals surface area contributed by atoms with Crippen molar-refractivity contribution in [2.45, 2.75) is 25.7 Å². The first-order chi connectivity index (χ1) is 8.53. The second-order valence-electron chi connectivity index (χ2n) is 3.55. The third kappa shape index (κ3) is 3.49. The molecule has 0 spiro atoms. The molecule has 18 heavy (non-hydrogen) atoms. The summed E-state index contributed by atoms with van der Waals surface area (Å²) in [5, 5.41) is 3.05. The van der Waals surface area contributed by atoms with E-state index in [2.05, 4.69) is 15.3 Å². The van der Waals surface area contributed by atoms with Gasteiger partial charge in [0.25, 0.3) is 0 Å². The molecule has 0 aliphatic heterocycles. The number of hydrogen-bond donors (Lipinski definition) is 1. The van der Waals surface area contributed by atoms with Gasteiger partial charge in [0.1, 0.15) is 5.15 Å². The summed E-state index contributed by atoms with van der Waals surface area (Å²) in [6, 6.07) is 0. The Bertz CT molecular complexity index is 437. The number of thioether (sulfide) groups is 1. The molecule has 5 nitrogen and oxygen atoms in total. The van der Waals surface area contributed by atoms with Gasteiger partial charge in [0.15, 0.2) is 5.82 Å². The van der Waals surface area contributed by atoms with Gasteiger partial charge < -0.3 is 10.2 Å². The summed E-state index contributed by atoms with van der Waals surface area (Å²) in [5.41, 5.74) is 0. The molecule has 7 heteroatoms. The van der Waals surface area contributed by atoms with Crippen molar-refractivity contribution in [2.24, 2.45) is 0 Å². The first-order valence-electron chi connectivity index (χ1n) is 5.67. The Kier molecular flexibility index (Phi) is 5.68. The first kappa shape index (κ1) is 15.0. The van der Waals surface area contributed by atoms with Crippen LogP contribution in [-0.2, 0) is 4.79 Å². The zero-order valence-electron chi connectivity index (χ0n) is 11.0. The Hall–Kier alpha value is -1.01. The lowest BCUT2D eigenvalue weighted by Gasteiger charge is -2.20. The van der Waals surface area contributed by atoms with Crippen LogP contribution in [0.3, 0.4) is 0 Å². The van der Waals surface area contributed by atoms with Crippen LogP contribution in [0.25, 0.3) is 0 Å². The molecule has 1 aromatic rings. The van der Waals surface area contributed by atoms with Gasteiger partial charge in [-0.3, -0.25) is 4.79 Å². The molecule has 1 amide bonds. The van der Waals surface area contributed by atoms with Gasteiger partial charge in [0, 0.05) is 20.0 Å². The molecule has 0 saturated heterocycles. The highest BCUT2D eigenvalue weighted by atomic mass is 35.5. The van der Waals surface area contributed by atoms with Crippen molar-refractivity contribution in [1.29, 1.82) is 0 Å². The smallest absolute Gasteiger partial charge is 0.228 e. The second kappa shape index (κ2) is 6.80. The van der Waals surface area contributed by atoms with E-state index in [0.717, 1.165) is 13.1 Å². The van der Waals surface area contributed by atoms with E-state index < -0.39 is 0 Å². The molecule has 1 aromatic heterocycles. The quantitative estimate of drug-likeness (QED) is 0.667. The lowest BCUT2D eigenvalue weighted by Crippen LogP contribution is -2.25. The number of nitrogens with one attached hydrogen (secondary N) is 1. The predicted octanol–water partition coefficient (Wildman–Crippen LogP) is 2.66. The molecule has 0 unspecified atom stereocenters. The molecule has 0 bridgehead atoms. The maximum Gasteiger partial charge on any atom is 0.228 e. The summed E-state index contributed by atoms with van der Waals surface area (Å²) in [5.74, 6) is 0.828. The molecule has 0 fully saturated rings. The Labute approximate surface area is 116 Å². The molecule has 0 aliphatic rings. The number of rotatable bonds is 5. The van der Waals surface area contributed by atoms with Crippen LogP contribution in [-0.4, -0.2) is 35.2 Å². The zero-order valence-corrected chi connectivity index (χ0v) is 12.5. The Morgan fingerprint density at radius 3 is 2.44 bits per heavy atom. The normalized spacial score (nSPS) is 10.3. The first-order valence-corrected chi connectivity index (χ1v) is 7.27. The van der Waals surface area contributed by atoms with Crippen LogP contribution in [0, 0.1) is 0 Å². The summed E-state index contributed by atoms with van der Waals surface area (Å²) in [6.07, 6.45) is 1.87. The highest BCUT2D eigenvalue weighted by Crippen LogP contribution is 2.31. The Balaban J connectivity index is 3.24. The summed E-state index contributed by atoms with van der Waals surface area (Å²) >= 11 is 7.54. The average Bonchev–Trinajstić information content (AvgIpc) is 2.29. The molecule has 100 valence electrons. The minimum atomic E-state index is -0.175. The number of anilines is 2. The zero-order chi connectivity index (χ0) is 13.7. The average molecular weight is 289 g/mol. The highest BCUT2D eigenvalue weighted by Gasteiger charge is 2.15. The van der Waals surface area contributed by atoms with E-state index >= 15 is 0 Å². The molecule has 0 saturated carbocycles. The number of carbonyl (C=O) groups excluding carboxylic acids is 1. The standard InChI is InChI=1S/C11H17ClN4OS/c1-5-16(6-2)11-14-9(12)8(18-4)10(15-11)13-7(3)17/h5-6H2,1-4H3,(H,13,14,15,17). The monoisotopic (exact) mass is 288 g/mol. The predicted molar refractivity (Wildman–Crippen MR) is 76.7 cm³/mol. The van der Waals surface area contributed by atoms with Gasteiger partial charge >= 0.3 is 0 Å². The van der Waals surface area contributed by atoms with Crippen molar-refractivity contribution in [2.75, 3.05) is 29.6 Å². The van der Waals surface area contributed by atoms with Crippen molar-refractivity contribution in [1.82, 2.24) is 9.97 Å². The van der Waals surface area contributed by atoms with E-state index in [1.807, 2.05) is 25.0 Å². The van der Waals surface area contributed by atoms with Crippen LogP contribution in [0.1, 0.15) is 20.8 Å². The molecule has 1 heterocycles. The topological polar surface area (TPSA) is 58.1 Å². The van der Waals surface area contributed by atoms with Gasteiger partial charge in [-0.25, -0.2) is 0 Å². The van der Waals surface area contributed by atoms with Gasteiger partial charge in [-0.15, -0.1) is 11.8 Å². The van der Waals surface area contributed by atoms with Crippen LogP contribution in [0.5, 0.6) is 0 Å². The summed E-state index contributed by atoms with van der Waals surface area (Å²) in [4.78, 5) is 22.5. The summed E-state index contributed by atoms with van der Waals surface area (Å²) < 4.78 is 0. The fourth-order valence-corrected chi connectivity index (χ4v) is 2.39. The van der Waals surface area contributed by atoms with Crippen LogP contribution in [0.15, 0.2) is 4.90 Å². The maximum atomic E-state index is 11.2.